The van der Waals surface area contributed by atoms with Crippen LogP contribution in [0.25, 0.3) is 0 Å². The third kappa shape index (κ3) is 16.9. The van der Waals surface area contributed by atoms with Crippen molar-refractivity contribution in [3.63, 3.8) is 0 Å². The molecule has 0 heterocycles. The van der Waals surface area contributed by atoms with Crippen LogP contribution in [-0.4, -0.2) is 23.9 Å². The van der Waals surface area contributed by atoms with Gasteiger partial charge >= 0.3 is 23.9 Å². The van der Waals surface area contributed by atoms with Crippen LogP contribution in [0.1, 0.15) is 172 Å². The van der Waals surface area contributed by atoms with Crippen molar-refractivity contribution in [1.29, 1.82) is 0 Å². The normalized spacial score (nSPS) is 11.6. The molecule has 0 fully saturated rings. The molecule has 8 heteroatoms. The molecular weight excluding hydrogens is 584 g/mol. The van der Waals surface area contributed by atoms with Gasteiger partial charge in [-0.1, -0.05) is 79.1 Å². The van der Waals surface area contributed by atoms with Gasteiger partial charge in [-0.25, -0.2) is 19.2 Å². The zero-order chi connectivity index (χ0) is 33.8. The number of hydrogen-bond acceptors (Lipinski definition) is 8. The SMILES string of the molecule is CCCCCC=COC(=O)c1cc(C(=O)OC=CCCCCC)c(C(=O)OC=CCCCCC)cc1C(=O)OC=CCCCCC. The molecule has 8 nitrogen and oxygen atoms in total. The van der Waals surface area contributed by atoms with Crippen molar-refractivity contribution in [2.24, 2.45) is 0 Å². The Balaban J connectivity index is 3.45. The average molecular weight is 639 g/mol. The molecule has 0 atom stereocenters. The summed E-state index contributed by atoms with van der Waals surface area (Å²) in [5.74, 6) is -3.54. The minimum Gasteiger partial charge on any atom is -0.431 e. The van der Waals surface area contributed by atoms with Gasteiger partial charge in [0.1, 0.15) is 0 Å². The molecule has 1 rings (SSSR count). The lowest BCUT2D eigenvalue weighted by atomic mass is 9.98. The standard InChI is InChI=1S/C38H54O8/c1-5-9-13-17-21-25-43-35(39)31-29-33(37(41)45-27-23-19-15-11-7-3)34(38(42)46-28-24-20-16-12-8-4)30-32(31)36(40)44-26-22-18-14-10-6-2/h21-30H,5-20H2,1-4H3. The molecule has 0 saturated carbocycles. The molecule has 0 aliphatic carbocycles. The molecule has 0 bridgehead atoms. The number of hydrogen-bond donors (Lipinski definition) is 0. The fourth-order valence-corrected chi connectivity index (χ4v) is 4.29. The van der Waals surface area contributed by atoms with Crippen molar-refractivity contribution in [2.75, 3.05) is 0 Å². The number of rotatable bonds is 24. The van der Waals surface area contributed by atoms with Gasteiger partial charge in [0.05, 0.1) is 47.3 Å². The van der Waals surface area contributed by atoms with Gasteiger partial charge in [0.25, 0.3) is 0 Å². The second-order valence-electron chi connectivity index (χ2n) is 11.0. The van der Waals surface area contributed by atoms with E-state index in [1.807, 2.05) is 0 Å². The van der Waals surface area contributed by atoms with Crippen molar-refractivity contribution in [1.82, 2.24) is 0 Å². The number of unbranched alkanes of at least 4 members (excludes halogenated alkanes) is 12. The topological polar surface area (TPSA) is 105 Å². The van der Waals surface area contributed by atoms with E-state index < -0.39 is 23.9 Å². The monoisotopic (exact) mass is 638 g/mol. The molecule has 0 aliphatic heterocycles. The molecule has 46 heavy (non-hydrogen) atoms. The molecule has 0 aromatic heterocycles. The summed E-state index contributed by atoms with van der Waals surface area (Å²) in [7, 11) is 0. The van der Waals surface area contributed by atoms with Crippen molar-refractivity contribution in [3.05, 3.63) is 83.7 Å². The highest BCUT2D eigenvalue weighted by Gasteiger charge is 2.28. The van der Waals surface area contributed by atoms with Gasteiger partial charge in [0.15, 0.2) is 0 Å². The Morgan fingerprint density at radius 3 is 0.826 bits per heavy atom. The highest BCUT2D eigenvalue weighted by molar-refractivity contribution is 6.10. The third-order valence-corrected chi connectivity index (χ3v) is 7.02. The zero-order valence-corrected chi connectivity index (χ0v) is 28.4. The number of carbonyl (C=O) groups excluding carboxylic acids is 4. The van der Waals surface area contributed by atoms with E-state index in [9.17, 15) is 19.2 Å². The molecule has 1 aromatic rings. The Kier molecular flexibility index (Phi) is 22.9. The molecule has 0 saturated heterocycles. The molecule has 0 N–H and O–H groups in total. The quantitative estimate of drug-likeness (QED) is 0.0476. The predicted octanol–water partition coefficient (Wildman–Crippen LogP) is 10.7. The first kappa shape index (κ1) is 40.1. The first-order valence-corrected chi connectivity index (χ1v) is 17.0. The minimum absolute atomic E-state index is 0.242. The lowest BCUT2D eigenvalue weighted by Crippen LogP contribution is -2.18. The van der Waals surface area contributed by atoms with Crippen LogP contribution < -0.4 is 0 Å². The lowest BCUT2D eigenvalue weighted by Gasteiger charge is -2.12. The molecule has 1 aromatic carbocycles. The van der Waals surface area contributed by atoms with E-state index in [2.05, 4.69) is 27.7 Å². The fourth-order valence-electron chi connectivity index (χ4n) is 4.29. The van der Waals surface area contributed by atoms with Gasteiger partial charge in [0.2, 0.25) is 0 Å². The van der Waals surface area contributed by atoms with E-state index in [-0.39, 0.29) is 22.3 Å². The number of benzene rings is 1. The summed E-state index contributed by atoms with van der Waals surface area (Å²) in [5.41, 5.74) is -0.970. The molecule has 0 radical (unpaired) electrons. The first-order valence-electron chi connectivity index (χ1n) is 17.0. The molecule has 0 spiro atoms. The Morgan fingerprint density at radius 1 is 0.413 bits per heavy atom. The van der Waals surface area contributed by atoms with E-state index in [1.54, 1.807) is 24.3 Å². The van der Waals surface area contributed by atoms with Gasteiger partial charge in [-0.3, -0.25) is 0 Å². The second-order valence-corrected chi connectivity index (χ2v) is 11.0. The lowest BCUT2D eigenvalue weighted by molar-refractivity contribution is 0.0602. The van der Waals surface area contributed by atoms with Crippen LogP contribution in [0.15, 0.2) is 61.5 Å². The van der Waals surface area contributed by atoms with Crippen molar-refractivity contribution in [3.8, 4) is 0 Å². The van der Waals surface area contributed by atoms with Crippen LogP contribution in [0.3, 0.4) is 0 Å². The summed E-state index contributed by atoms with van der Waals surface area (Å²) < 4.78 is 21.3. The third-order valence-electron chi connectivity index (χ3n) is 7.02. The summed E-state index contributed by atoms with van der Waals surface area (Å²) in [4.78, 5) is 52.9. The Morgan fingerprint density at radius 2 is 0.630 bits per heavy atom. The van der Waals surface area contributed by atoms with E-state index in [4.69, 9.17) is 18.9 Å². The second kappa shape index (κ2) is 26.3. The number of esters is 4. The summed E-state index contributed by atoms with van der Waals surface area (Å²) in [6.07, 6.45) is 27.0. The van der Waals surface area contributed by atoms with Crippen LogP contribution in [0.4, 0.5) is 0 Å². The van der Waals surface area contributed by atoms with Crippen molar-refractivity contribution >= 4 is 23.9 Å². The summed E-state index contributed by atoms with van der Waals surface area (Å²) in [6, 6.07) is 2.26. The molecule has 0 aliphatic rings. The molecule has 254 valence electrons. The Hall–Kier alpha value is -3.94. The van der Waals surface area contributed by atoms with Crippen LogP contribution >= 0.6 is 0 Å². The Bertz CT molecular complexity index is 997. The van der Waals surface area contributed by atoms with Crippen molar-refractivity contribution < 1.29 is 38.1 Å². The fraction of sp³-hybridized carbons (Fsp3) is 0.526. The molecular formula is C38H54O8. The maximum atomic E-state index is 13.2. The van der Waals surface area contributed by atoms with Crippen LogP contribution in [0.2, 0.25) is 0 Å². The minimum atomic E-state index is -0.884. The van der Waals surface area contributed by atoms with E-state index >= 15 is 0 Å². The summed E-state index contributed by atoms with van der Waals surface area (Å²) in [5, 5.41) is 0. The predicted molar refractivity (Wildman–Crippen MR) is 181 cm³/mol. The van der Waals surface area contributed by atoms with E-state index in [1.165, 1.54) is 25.0 Å². The Labute approximate surface area is 275 Å². The zero-order valence-electron chi connectivity index (χ0n) is 28.4. The average Bonchev–Trinajstić information content (AvgIpc) is 3.06. The van der Waals surface area contributed by atoms with Gasteiger partial charge in [-0.15, -0.1) is 0 Å². The highest BCUT2D eigenvalue weighted by Crippen LogP contribution is 2.23. The smallest absolute Gasteiger partial charge is 0.343 e. The van der Waals surface area contributed by atoms with E-state index in [0.29, 0.717) is 0 Å². The van der Waals surface area contributed by atoms with Gasteiger partial charge in [-0.05, 0) is 87.8 Å². The molecule has 0 amide bonds. The van der Waals surface area contributed by atoms with Crippen LogP contribution in [0.5, 0.6) is 0 Å². The summed E-state index contributed by atoms with van der Waals surface area (Å²) >= 11 is 0. The first-order chi connectivity index (χ1) is 22.4. The van der Waals surface area contributed by atoms with Crippen LogP contribution in [0, 0.1) is 0 Å². The van der Waals surface area contributed by atoms with Crippen LogP contribution in [-0.2, 0) is 18.9 Å². The highest BCUT2D eigenvalue weighted by atomic mass is 16.5. The van der Waals surface area contributed by atoms with Gasteiger partial charge in [-0.2, -0.15) is 0 Å². The maximum Gasteiger partial charge on any atom is 0.343 e. The largest absolute Gasteiger partial charge is 0.431 e. The van der Waals surface area contributed by atoms with Gasteiger partial charge < -0.3 is 18.9 Å². The van der Waals surface area contributed by atoms with Crippen molar-refractivity contribution in [2.45, 2.75) is 130 Å². The van der Waals surface area contributed by atoms with E-state index in [0.717, 1.165) is 115 Å². The molecule has 0 unspecified atom stereocenters. The van der Waals surface area contributed by atoms with Gasteiger partial charge in [0, 0.05) is 0 Å². The number of allylic oxidation sites excluding steroid dienone is 4. The number of carbonyl (C=O) groups is 4. The summed E-state index contributed by atoms with van der Waals surface area (Å²) in [6.45, 7) is 8.38. The maximum absolute atomic E-state index is 13.2. The number of ether oxygens (including phenoxy) is 4.